The molecule has 1 aliphatic rings. The first-order chi connectivity index (χ1) is 7.13. The van der Waals surface area contributed by atoms with Crippen LogP contribution in [0.25, 0.3) is 0 Å². The average molecular weight is 210 g/mol. The van der Waals surface area contributed by atoms with Gasteiger partial charge in [0.05, 0.1) is 19.3 Å². The van der Waals surface area contributed by atoms with Crippen molar-refractivity contribution in [2.75, 3.05) is 13.2 Å². The fourth-order valence-corrected chi connectivity index (χ4v) is 1.50. The molecule has 84 valence electrons. The normalized spacial score (nSPS) is 22.2. The zero-order chi connectivity index (χ0) is 11.3. The van der Waals surface area contributed by atoms with Crippen molar-refractivity contribution in [3.8, 4) is 0 Å². The van der Waals surface area contributed by atoms with Crippen LogP contribution in [0.2, 0.25) is 0 Å². The highest BCUT2D eigenvalue weighted by molar-refractivity contribution is 5.82. The monoisotopic (exact) mass is 210 g/mol. The molecule has 1 heterocycles. The maximum absolute atomic E-state index is 11.2. The molecule has 1 rings (SSSR count). The summed E-state index contributed by atoms with van der Waals surface area (Å²) >= 11 is 0. The van der Waals surface area contributed by atoms with Gasteiger partial charge in [0.1, 0.15) is 0 Å². The van der Waals surface area contributed by atoms with E-state index in [0.29, 0.717) is 13.2 Å². The maximum atomic E-state index is 11.2. The number of hydrogen-bond acceptors (Lipinski definition) is 3. The Morgan fingerprint density at radius 3 is 3.07 bits per heavy atom. The molecule has 0 aromatic rings. The van der Waals surface area contributed by atoms with Gasteiger partial charge in [0.2, 0.25) is 0 Å². The summed E-state index contributed by atoms with van der Waals surface area (Å²) in [5.74, 6) is -0.286. The lowest BCUT2D eigenvalue weighted by molar-refractivity contribution is -0.137. The molecule has 0 saturated heterocycles. The first-order valence-electron chi connectivity index (χ1n) is 5.25. The minimum atomic E-state index is -0.286. The smallest absolute Gasteiger partial charge is 0.330 e. The van der Waals surface area contributed by atoms with E-state index >= 15 is 0 Å². The van der Waals surface area contributed by atoms with Crippen molar-refractivity contribution >= 4 is 5.97 Å². The van der Waals surface area contributed by atoms with Crippen LogP contribution in [0.5, 0.6) is 0 Å². The Labute approximate surface area is 90.8 Å². The summed E-state index contributed by atoms with van der Waals surface area (Å²) in [5.41, 5.74) is 2.24. The standard InChI is InChI=1S/C12H18O3/c1-4-14-12(13)8-10(3)11-7-9(2)5-6-15-11/h5,8,11H,4,6-7H2,1-3H3/b10-8+. The molecular weight excluding hydrogens is 192 g/mol. The maximum Gasteiger partial charge on any atom is 0.330 e. The molecule has 1 unspecified atom stereocenters. The largest absolute Gasteiger partial charge is 0.463 e. The van der Waals surface area contributed by atoms with Crippen LogP contribution < -0.4 is 0 Å². The lowest BCUT2D eigenvalue weighted by atomic mass is 10.0. The molecule has 1 atom stereocenters. The lowest BCUT2D eigenvalue weighted by Gasteiger charge is -2.22. The summed E-state index contributed by atoms with van der Waals surface area (Å²) in [6.07, 6.45) is 4.47. The molecule has 0 aliphatic carbocycles. The second-order valence-electron chi connectivity index (χ2n) is 3.72. The molecule has 0 saturated carbocycles. The van der Waals surface area contributed by atoms with Crippen LogP contribution in [0, 0.1) is 0 Å². The van der Waals surface area contributed by atoms with E-state index in [2.05, 4.69) is 13.0 Å². The van der Waals surface area contributed by atoms with Crippen molar-refractivity contribution < 1.29 is 14.3 Å². The minimum Gasteiger partial charge on any atom is -0.463 e. The topological polar surface area (TPSA) is 35.5 Å². The summed E-state index contributed by atoms with van der Waals surface area (Å²) in [6, 6.07) is 0. The summed E-state index contributed by atoms with van der Waals surface area (Å²) in [6.45, 7) is 6.82. The number of carbonyl (C=O) groups is 1. The Hall–Kier alpha value is -1.09. The third kappa shape index (κ3) is 3.88. The predicted molar refractivity (Wildman–Crippen MR) is 58.5 cm³/mol. The molecule has 0 N–H and O–H groups in total. The molecule has 15 heavy (non-hydrogen) atoms. The first kappa shape index (κ1) is 12.0. The van der Waals surface area contributed by atoms with Gasteiger partial charge >= 0.3 is 5.97 Å². The number of rotatable bonds is 3. The highest BCUT2D eigenvalue weighted by Crippen LogP contribution is 2.20. The van der Waals surface area contributed by atoms with Gasteiger partial charge in [-0.3, -0.25) is 0 Å². The van der Waals surface area contributed by atoms with Gasteiger partial charge in [-0.25, -0.2) is 4.79 Å². The number of hydrogen-bond donors (Lipinski definition) is 0. The van der Waals surface area contributed by atoms with Crippen LogP contribution in [0.4, 0.5) is 0 Å². The molecule has 3 nitrogen and oxygen atoms in total. The fourth-order valence-electron chi connectivity index (χ4n) is 1.50. The zero-order valence-corrected chi connectivity index (χ0v) is 9.58. The van der Waals surface area contributed by atoms with Gasteiger partial charge in [0.25, 0.3) is 0 Å². The predicted octanol–water partition coefficient (Wildman–Crippen LogP) is 2.23. The third-order valence-electron chi connectivity index (χ3n) is 2.38. The van der Waals surface area contributed by atoms with E-state index in [-0.39, 0.29) is 12.1 Å². The molecule has 0 fully saturated rings. The van der Waals surface area contributed by atoms with E-state index in [1.807, 2.05) is 6.92 Å². The zero-order valence-electron chi connectivity index (χ0n) is 9.58. The fraction of sp³-hybridized carbons (Fsp3) is 0.583. The number of esters is 1. The van der Waals surface area contributed by atoms with Crippen LogP contribution in [0.1, 0.15) is 27.2 Å². The minimum absolute atomic E-state index is 0.0272. The highest BCUT2D eigenvalue weighted by atomic mass is 16.5. The van der Waals surface area contributed by atoms with Gasteiger partial charge in [-0.05, 0) is 32.8 Å². The first-order valence-corrected chi connectivity index (χ1v) is 5.25. The van der Waals surface area contributed by atoms with Gasteiger partial charge in [-0.1, -0.05) is 11.6 Å². The second kappa shape index (κ2) is 5.71. The Kier molecular flexibility index (Phi) is 4.56. The van der Waals surface area contributed by atoms with Crippen molar-refractivity contribution in [3.05, 3.63) is 23.3 Å². The summed E-state index contributed by atoms with van der Waals surface area (Å²) < 4.78 is 10.4. The number of carbonyl (C=O) groups excluding carboxylic acids is 1. The highest BCUT2D eigenvalue weighted by Gasteiger charge is 2.16. The molecule has 1 aliphatic heterocycles. The lowest BCUT2D eigenvalue weighted by Crippen LogP contribution is -2.20. The van der Waals surface area contributed by atoms with Gasteiger partial charge in [0.15, 0.2) is 0 Å². The van der Waals surface area contributed by atoms with Crippen LogP contribution in [0.3, 0.4) is 0 Å². The molecule has 0 bridgehead atoms. The van der Waals surface area contributed by atoms with Crippen molar-refractivity contribution in [1.29, 1.82) is 0 Å². The summed E-state index contributed by atoms with van der Waals surface area (Å²) in [4.78, 5) is 11.2. The molecule has 0 aromatic carbocycles. The van der Waals surface area contributed by atoms with Crippen LogP contribution in [0.15, 0.2) is 23.3 Å². The van der Waals surface area contributed by atoms with Crippen molar-refractivity contribution in [1.82, 2.24) is 0 Å². The van der Waals surface area contributed by atoms with E-state index in [1.165, 1.54) is 11.6 Å². The molecule has 0 radical (unpaired) electrons. The second-order valence-corrected chi connectivity index (χ2v) is 3.72. The molecule has 0 spiro atoms. The van der Waals surface area contributed by atoms with Crippen molar-refractivity contribution in [3.63, 3.8) is 0 Å². The van der Waals surface area contributed by atoms with Gasteiger partial charge in [-0.15, -0.1) is 0 Å². The van der Waals surface area contributed by atoms with Crippen molar-refractivity contribution in [2.24, 2.45) is 0 Å². The Morgan fingerprint density at radius 1 is 1.73 bits per heavy atom. The third-order valence-corrected chi connectivity index (χ3v) is 2.38. The Balaban J connectivity index is 2.56. The van der Waals surface area contributed by atoms with Crippen LogP contribution >= 0.6 is 0 Å². The summed E-state index contributed by atoms with van der Waals surface area (Å²) in [5, 5.41) is 0. The number of ether oxygens (including phenoxy) is 2. The Morgan fingerprint density at radius 2 is 2.47 bits per heavy atom. The van der Waals surface area contributed by atoms with E-state index in [4.69, 9.17) is 9.47 Å². The van der Waals surface area contributed by atoms with E-state index in [0.717, 1.165) is 12.0 Å². The Bertz CT molecular complexity index is 289. The van der Waals surface area contributed by atoms with Gasteiger partial charge in [0, 0.05) is 6.08 Å². The van der Waals surface area contributed by atoms with Gasteiger partial charge < -0.3 is 9.47 Å². The summed E-state index contributed by atoms with van der Waals surface area (Å²) in [7, 11) is 0. The quantitative estimate of drug-likeness (QED) is 0.407. The van der Waals surface area contributed by atoms with Crippen LogP contribution in [-0.2, 0) is 14.3 Å². The average Bonchev–Trinajstić information content (AvgIpc) is 2.18. The van der Waals surface area contributed by atoms with Crippen LogP contribution in [-0.4, -0.2) is 25.3 Å². The van der Waals surface area contributed by atoms with E-state index in [9.17, 15) is 4.79 Å². The SMILES string of the molecule is CCOC(=O)/C=C(\C)C1CC(C)=CCO1. The molecule has 0 aromatic heterocycles. The van der Waals surface area contributed by atoms with Crippen molar-refractivity contribution in [2.45, 2.75) is 33.3 Å². The van der Waals surface area contributed by atoms with E-state index < -0.39 is 0 Å². The van der Waals surface area contributed by atoms with E-state index in [1.54, 1.807) is 6.92 Å². The molecule has 0 amide bonds. The molecule has 3 heteroatoms. The molecular formula is C12H18O3. The van der Waals surface area contributed by atoms with Gasteiger partial charge in [-0.2, -0.15) is 0 Å².